The molecule has 1 atom stereocenters. The quantitative estimate of drug-likeness (QED) is 0.341. The van der Waals surface area contributed by atoms with Crippen LogP contribution in [0.15, 0.2) is 73.3 Å². The summed E-state index contributed by atoms with van der Waals surface area (Å²) in [5.74, 6) is 0.637. The topological polar surface area (TPSA) is 93.4 Å². The molecule has 2 N–H and O–H groups in total. The second-order valence-electron chi connectivity index (χ2n) is 10.3. The second kappa shape index (κ2) is 8.92. The van der Waals surface area contributed by atoms with Crippen LogP contribution in [0, 0.1) is 6.92 Å². The number of carbonyl (C=O) groups is 1. The number of benzene rings is 2. The molecule has 8 nitrogen and oxygen atoms in total. The van der Waals surface area contributed by atoms with Crippen LogP contribution in [0.3, 0.4) is 0 Å². The fourth-order valence-corrected chi connectivity index (χ4v) is 5.23. The Balaban J connectivity index is 1.22. The summed E-state index contributed by atoms with van der Waals surface area (Å²) in [6.07, 6.45) is 8.20. The monoisotopic (exact) mass is 504 g/mol. The number of ether oxygens (including phenoxy) is 1. The first-order valence-electron chi connectivity index (χ1n) is 13.1. The molecule has 1 aliphatic carbocycles. The molecule has 7 rings (SSSR count). The van der Waals surface area contributed by atoms with Crippen LogP contribution >= 0.6 is 0 Å². The molecule has 8 heteroatoms. The second-order valence-corrected chi connectivity index (χ2v) is 10.3. The predicted molar refractivity (Wildman–Crippen MR) is 145 cm³/mol. The number of fused-ring (bicyclic) bond motifs is 2. The number of hydrogen-bond donors (Lipinski definition) is 2. The van der Waals surface area contributed by atoms with Gasteiger partial charge in [0, 0.05) is 34.9 Å². The van der Waals surface area contributed by atoms with E-state index in [-0.39, 0.29) is 5.91 Å². The number of nitrogens with one attached hydrogen (secondary N) is 2. The summed E-state index contributed by atoms with van der Waals surface area (Å²) >= 11 is 0. The van der Waals surface area contributed by atoms with Crippen LogP contribution in [0.25, 0.3) is 27.7 Å². The van der Waals surface area contributed by atoms with E-state index in [0.717, 1.165) is 70.4 Å². The van der Waals surface area contributed by atoms with Crippen molar-refractivity contribution in [2.45, 2.75) is 37.8 Å². The van der Waals surface area contributed by atoms with Crippen molar-refractivity contribution >= 4 is 22.5 Å². The van der Waals surface area contributed by atoms with Crippen LogP contribution in [0.1, 0.15) is 40.7 Å². The molecule has 1 saturated heterocycles. The number of hydrogen-bond acceptors (Lipinski definition) is 6. The van der Waals surface area contributed by atoms with Gasteiger partial charge in [0.1, 0.15) is 18.7 Å². The van der Waals surface area contributed by atoms with Crippen molar-refractivity contribution in [1.82, 2.24) is 30.2 Å². The molecular formula is C30H28N6O2. The van der Waals surface area contributed by atoms with Gasteiger partial charge in [-0.15, -0.1) is 0 Å². The molecule has 2 aliphatic rings. The first kappa shape index (κ1) is 22.9. The van der Waals surface area contributed by atoms with E-state index in [1.807, 2.05) is 55.7 Å². The largest absolute Gasteiger partial charge is 0.492 e. The van der Waals surface area contributed by atoms with Gasteiger partial charge >= 0.3 is 0 Å². The minimum atomic E-state index is -0.440. The average molecular weight is 505 g/mol. The van der Waals surface area contributed by atoms with Crippen LogP contribution in [0.2, 0.25) is 0 Å². The highest BCUT2D eigenvalue weighted by atomic mass is 16.5. The molecule has 1 aliphatic heterocycles. The van der Waals surface area contributed by atoms with E-state index in [9.17, 15) is 4.79 Å². The molecule has 1 saturated carbocycles. The van der Waals surface area contributed by atoms with Gasteiger partial charge in [0.25, 0.3) is 5.91 Å². The van der Waals surface area contributed by atoms with E-state index in [1.54, 1.807) is 10.8 Å². The average Bonchev–Trinajstić information content (AvgIpc) is 3.53. The van der Waals surface area contributed by atoms with Crippen LogP contribution in [-0.4, -0.2) is 44.7 Å². The molecular weight excluding hydrogens is 476 g/mol. The fraction of sp³-hybridized carbons (Fsp3) is 0.267. The Labute approximate surface area is 220 Å². The molecule has 4 heterocycles. The highest BCUT2D eigenvalue weighted by Gasteiger charge is 2.47. The Morgan fingerprint density at radius 2 is 2.03 bits per heavy atom. The third-order valence-electron chi connectivity index (χ3n) is 7.78. The Bertz CT molecular complexity index is 1690. The summed E-state index contributed by atoms with van der Waals surface area (Å²) in [5.41, 5.74) is 5.96. The van der Waals surface area contributed by atoms with Crippen molar-refractivity contribution in [3.63, 3.8) is 0 Å². The van der Waals surface area contributed by atoms with Gasteiger partial charge in [-0.3, -0.25) is 9.78 Å². The standard InChI is InChI=1S/C30H28N6O2/c1-19-4-6-23(38-17-22-8-12-31-22)15-25(19)29(37)35-30(9-10-30)26-13-21(14-27-24(26)3-2-11-32-27)20-5-7-28-33-18-34-36(28)16-20/h2-7,11,13-16,18,22,31H,8-10,12,17H2,1H3,(H,35,37)/t22-/m0/s1. The normalized spacial score (nSPS) is 17.8. The molecule has 1 amide bonds. The third-order valence-corrected chi connectivity index (χ3v) is 7.78. The van der Waals surface area contributed by atoms with Gasteiger partial charge in [0.15, 0.2) is 5.65 Å². The molecule has 190 valence electrons. The van der Waals surface area contributed by atoms with Crippen molar-refractivity contribution in [2.75, 3.05) is 13.2 Å². The van der Waals surface area contributed by atoms with Gasteiger partial charge in [0.2, 0.25) is 0 Å². The van der Waals surface area contributed by atoms with E-state index in [4.69, 9.17) is 4.74 Å². The summed E-state index contributed by atoms with van der Waals surface area (Å²) in [5, 5.41) is 12.1. The number of nitrogens with zero attached hydrogens (tertiary/aromatic N) is 4. The zero-order valence-electron chi connectivity index (χ0n) is 21.1. The molecule has 5 aromatic rings. The lowest BCUT2D eigenvalue weighted by atomic mass is 9.93. The zero-order valence-corrected chi connectivity index (χ0v) is 21.1. The maximum Gasteiger partial charge on any atom is 0.252 e. The van der Waals surface area contributed by atoms with Crippen LogP contribution in [0.4, 0.5) is 0 Å². The number of aryl methyl sites for hydroxylation is 1. The van der Waals surface area contributed by atoms with Crippen LogP contribution in [0.5, 0.6) is 5.75 Å². The smallest absolute Gasteiger partial charge is 0.252 e. The third kappa shape index (κ3) is 4.07. The minimum Gasteiger partial charge on any atom is -0.492 e. The van der Waals surface area contributed by atoms with Gasteiger partial charge in [-0.05, 0) is 91.9 Å². The minimum absolute atomic E-state index is 0.0845. The molecule has 2 fully saturated rings. The maximum absolute atomic E-state index is 13.6. The van der Waals surface area contributed by atoms with Gasteiger partial charge in [-0.25, -0.2) is 9.50 Å². The van der Waals surface area contributed by atoms with Crippen molar-refractivity contribution in [3.05, 3.63) is 90.0 Å². The van der Waals surface area contributed by atoms with Gasteiger partial charge < -0.3 is 15.4 Å². The van der Waals surface area contributed by atoms with E-state index in [1.165, 1.54) is 0 Å². The van der Waals surface area contributed by atoms with Crippen LogP contribution in [-0.2, 0) is 5.54 Å². The predicted octanol–water partition coefficient (Wildman–Crippen LogP) is 4.41. The van der Waals surface area contributed by atoms with E-state index >= 15 is 0 Å². The zero-order chi connectivity index (χ0) is 25.7. The lowest BCUT2D eigenvalue weighted by Gasteiger charge is -2.27. The molecule has 0 unspecified atom stereocenters. The molecule has 0 spiro atoms. The molecule has 0 bridgehead atoms. The lowest BCUT2D eigenvalue weighted by Crippen LogP contribution is -2.46. The first-order valence-corrected chi connectivity index (χ1v) is 13.1. The molecule has 3 aromatic heterocycles. The number of rotatable bonds is 7. The van der Waals surface area contributed by atoms with Crippen molar-refractivity contribution in [2.24, 2.45) is 0 Å². The summed E-state index contributed by atoms with van der Waals surface area (Å²) in [4.78, 5) is 22.6. The Morgan fingerprint density at radius 3 is 2.84 bits per heavy atom. The number of amides is 1. The molecule has 0 radical (unpaired) electrons. The molecule has 38 heavy (non-hydrogen) atoms. The number of pyridine rings is 2. The van der Waals surface area contributed by atoms with Crippen molar-refractivity contribution in [3.8, 4) is 16.9 Å². The summed E-state index contributed by atoms with van der Waals surface area (Å²) in [6, 6.07) is 18.5. The van der Waals surface area contributed by atoms with E-state index in [2.05, 4.69) is 43.9 Å². The van der Waals surface area contributed by atoms with Gasteiger partial charge in [0.05, 0.1) is 11.1 Å². The highest BCUT2D eigenvalue weighted by molar-refractivity contribution is 5.98. The number of carbonyl (C=O) groups excluding carboxylic acids is 1. The molecule has 2 aromatic carbocycles. The fourth-order valence-electron chi connectivity index (χ4n) is 5.23. The van der Waals surface area contributed by atoms with E-state index in [0.29, 0.717) is 18.2 Å². The SMILES string of the molecule is Cc1ccc(OC[C@@H]2CCN2)cc1C(=O)NC1(c2cc(-c3ccc4ncnn4c3)cc3ncccc23)CC1. The first-order chi connectivity index (χ1) is 18.6. The van der Waals surface area contributed by atoms with Crippen molar-refractivity contribution in [1.29, 1.82) is 0 Å². The Morgan fingerprint density at radius 1 is 1.13 bits per heavy atom. The lowest BCUT2D eigenvalue weighted by molar-refractivity contribution is 0.0930. The maximum atomic E-state index is 13.6. The summed E-state index contributed by atoms with van der Waals surface area (Å²) in [6.45, 7) is 3.62. The van der Waals surface area contributed by atoms with Crippen molar-refractivity contribution < 1.29 is 9.53 Å². The Kier molecular flexibility index (Phi) is 5.37. The number of aromatic nitrogens is 4. The van der Waals surface area contributed by atoms with E-state index < -0.39 is 5.54 Å². The Hall–Kier alpha value is -4.30. The summed E-state index contributed by atoms with van der Waals surface area (Å²) < 4.78 is 7.74. The highest BCUT2D eigenvalue weighted by Crippen LogP contribution is 2.49. The van der Waals surface area contributed by atoms with Gasteiger partial charge in [-0.2, -0.15) is 5.10 Å². The van der Waals surface area contributed by atoms with Gasteiger partial charge in [-0.1, -0.05) is 12.1 Å². The summed E-state index contributed by atoms with van der Waals surface area (Å²) in [7, 11) is 0. The van der Waals surface area contributed by atoms with Crippen LogP contribution < -0.4 is 15.4 Å².